The number of aromatic nitrogens is 2. The van der Waals surface area contributed by atoms with Crippen molar-refractivity contribution < 1.29 is 14.3 Å². The molecule has 2 amide bonds. The molecule has 0 aliphatic rings. The van der Waals surface area contributed by atoms with Gasteiger partial charge < -0.3 is 15.4 Å². The van der Waals surface area contributed by atoms with E-state index in [-0.39, 0.29) is 17.5 Å². The molecule has 0 fully saturated rings. The molecule has 0 bridgehead atoms. The quantitative estimate of drug-likeness (QED) is 0.781. The number of aryl methyl sites for hydroxylation is 1. The number of anilines is 1. The van der Waals surface area contributed by atoms with Gasteiger partial charge in [0.2, 0.25) is 0 Å². The number of nitrogens with zero attached hydrogens (tertiary/aromatic N) is 2. The molecule has 0 atom stereocenters. The fraction of sp³-hybridized carbons (Fsp3) is 0.267. The lowest BCUT2D eigenvalue weighted by Gasteiger charge is -2.04. The summed E-state index contributed by atoms with van der Waals surface area (Å²) >= 11 is 0. The molecule has 0 saturated heterocycles. The minimum atomic E-state index is -0.312. The number of methoxy groups -OCH3 is 1. The Bertz CT molecular complexity index is 652. The number of amides is 2. The van der Waals surface area contributed by atoms with Crippen molar-refractivity contribution in [2.45, 2.75) is 0 Å². The summed E-state index contributed by atoms with van der Waals surface area (Å²) in [6, 6.07) is 10.4. The maximum Gasteiger partial charge on any atom is 0.271 e. The molecule has 1 heterocycles. The van der Waals surface area contributed by atoms with Crippen LogP contribution in [0.1, 0.15) is 20.8 Å². The van der Waals surface area contributed by atoms with Gasteiger partial charge in [0.15, 0.2) is 5.69 Å². The van der Waals surface area contributed by atoms with Crippen LogP contribution in [0, 0.1) is 0 Å². The van der Waals surface area contributed by atoms with Gasteiger partial charge in [0.1, 0.15) is 5.82 Å². The molecule has 1 aromatic carbocycles. The van der Waals surface area contributed by atoms with Crippen molar-refractivity contribution >= 4 is 17.6 Å². The van der Waals surface area contributed by atoms with E-state index < -0.39 is 0 Å². The van der Waals surface area contributed by atoms with Crippen LogP contribution >= 0.6 is 0 Å². The van der Waals surface area contributed by atoms with E-state index in [1.807, 2.05) is 6.07 Å². The number of nitrogens with one attached hydrogen (secondary N) is 2. The molecule has 0 radical (unpaired) electrons. The predicted molar refractivity (Wildman–Crippen MR) is 81.8 cm³/mol. The number of rotatable bonds is 6. The number of carbonyl (C=O) groups excluding carboxylic acids is 2. The summed E-state index contributed by atoms with van der Waals surface area (Å²) in [7, 11) is 3.22. The molecule has 7 nitrogen and oxygen atoms in total. The minimum absolute atomic E-state index is 0.238. The Morgan fingerprint density at radius 1 is 1.23 bits per heavy atom. The van der Waals surface area contributed by atoms with Gasteiger partial charge in [-0.15, -0.1) is 0 Å². The molecule has 0 aliphatic heterocycles. The zero-order valence-electron chi connectivity index (χ0n) is 12.5. The van der Waals surface area contributed by atoms with Crippen molar-refractivity contribution in [2.24, 2.45) is 7.05 Å². The first-order chi connectivity index (χ1) is 10.6. The first kappa shape index (κ1) is 15.7. The maximum atomic E-state index is 12.1. The molecular formula is C15H18N4O3. The normalized spacial score (nSPS) is 10.3. The van der Waals surface area contributed by atoms with E-state index in [4.69, 9.17) is 4.74 Å². The Balaban J connectivity index is 2.04. The lowest BCUT2D eigenvalue weighted by atomic mass is 10.2. The van der Waals surface area contributed by atoms with Gasteiger partial charge in [-0.05, 0) is 12.1 Å². The largest absolute Gasteiger partial charge is 0.383 e. The second-order valence-electron chi connectivity index (χ2n) is 4.61. The Morgan fingerprint density at radius 3 is 2.64 bits per heavy atom. The van der Waals surface area contributed by atoms with Crippen LogP contribution < -0.4 is 10.6 Å². The van der Waals surface area contributed by atoms with Gasteiger partial charge in [0.05, 0.1) is 6.61 Å². The molecule has 22 heavy (non-hydrogen) atoms. The number of hydrogen-bond donors (Lipinski definition) is 2. The molecule has 0 saturated carbocycles. The zero-order chi connectivity index (χ0) is 15.9. The predicted octanol–water partition coefficient (Wildman–Crippen LogP) is 1.05. The van der Waals surface area contributed by atoms with Crippen molar-refractivity contribution in [3.63, 3.8) is 0 Å². The average Bonchev–Trinajstić information content (AvgIpc) is 2.89. The Hall–Kier alpha value is -2.67. The highest BCUT2D eigenvalue weighted by molar-refractivity contribution is 6.04. The highest BCUT2D eigenvalue weighted by Crippen LogP contribution is 2.11. The van der Waals surface area contributed by atoms with Crippen molar-refractivity contribution in [1.29, 1.82) is 0 Å². The van der Waals surface area contributed by atoms with E-state index >= 15 is 0 Å². The number of hydrogen-bond acceptors (Lipinski definition) is 4. The second-order valence-corrected chi connectivity index (χ2v) is 4.61. The lowest BCUT2D eigenvalue weighted by Crippen LogP contribution is -2.27. The van der Waals surface area contributed by atoms with E-state index in [2.05, 4.69) is 15.7 Å². The monoisotopic (exact) mass is 302 g/mol. The summed E-state index contributed by atoms with van der Waals surface area (Å²) < 4.78 is 6.31. The summed E-state index contributed by atoms with van der Waals surface area (Å²) in [5.74, 6) is -0.117. The Labute approximate surface area is 128 Å². The van der Waals surface area contributed by atoms with Gasteiger partial charge >= 0.3 is 0 Å². The smallest absolute Gasteiger partial charge is 0.271 e. The third-order valence-electron chi connectivity index (χ3n) is 2.98. The van der Waals surface area contributed by atoms with Gasteiger partial charge in [0.25, 0.3) is 11.8 Å². The third-order valence-corrected chi connectivity index (χ3v) is 2.98. The van der Waals surface area contributed by atoms with Crippen molar-refractivity contribution in [2.75, 3.05) is 25.6 Å². The molecule has 116 valence electrons. The van der Waals surface area contributed by atoms with Crippen molar-refractivity contribution in [1.82, 2.24) is 15.1 Å². The molecule has 2 aromatic rings. The summed E-state index contributed by atoms with van der Waals surface area (Å²) in [5.41, 5.74) is 0.775. The molecule has 0 aliphatic carbocycles. The molecule has 7 heteroatoms. The van der Waals surface area contributed by atoms with Gasteiger partial charge in [-0.25, -0.2) is 0 Å². The van der Waals surface area contributed by atoms with Crippen molar-refractivity contribution in [3.8, 4) is 0 Å². The second kappa shape index (κ2) is 7.37. The van der Waals surface area contributed by atoms with Gasteiger partial charge in [-0.1, -0.05) is 18.2 Å². The van der Waals surface area contributed by atoms with Gasteiger partial charge in [-0.2, -0.15) is 5.10 Å². The molecule has 0 unspecified atom stereocenters. The van der Waals surface area contributed by atoms with Crippen LogP contribution in [0.4, 0.5) is 5.82 Å². The molecule has 2 rings (SSSR count). The SMILES string of the molecule is COCCNC(=O)c1cc(NC(=O)c2ccccc2)n(C)n1. The maximum absolute atomic E-state index is 12.1. The highest BCUT2D eigenvalue weighted by Gasteiger charge is 2.14. The Kier molecular flexibility index (Phi) is 5.26. The van der Waals surface area contributed by atoms with E-state index in [1.165, 1.54) is 10.7 Å². The van der Waals surface area contributed by atoms with Crippen LogP contribution in [-0.2, 0) is 11.8 Å². The molecular weight excluding hydrogens is 284 g/mol. The summed E-state index contributed by atoms with van der Waals surface area (Å²) in [4.78, 5) is 24.0. The van der Waals surface area contributed by atoms with Crippen LogP contribution in [0.5, 0.6) is 0 Å². The van der Waals surface area contributed by atoms with Gasteiger partial charge in [0, 0.05) is 32.3 Å². The van der Waals surface area contributed by atoms with E-state index in [0.29, 0.717) is 24.5 Å². The standard InChI is InChI=1S/C15H18N4O3/c1-19-13(17-14(20)11-6-4-3-5-7-11)10-12(18-19)15(21)16-8-9-22-2/h3-7,10H,8-9H2,1-2H3,(H,16,21)(H,17,20). The first-order valence-corrected chi connectivity index (χ1v) is 6.79. The fourth-order valence-electron chi connectivity index (χ4n) is 1.83. The molecule has 1 aromatic heterocycles. The third kappa shape index (κ3) is 3.92. The number of carbonyl (C=O) groups is 2. The summed E-state index contributed by atoms with van der Waals surface area (Å²) in [6.45, 7) is 0.827. The fourth-order valence-corrected chi connectivity index (χ4v) is 1.83. The summed E-state index contributed by atoms with van der Waals surface area (Å²) in [6.07, 6.45) is 0. The van der Waals surface area contributed by atoms with Crippen LogP contribution in [-0.4, -0.2) is 41.9 Å². The number of ether oxygens (including phenoxy) is 1. The molecule has 0 spiro atoms. The Morgan fingerprint density at radius 2 is 1.95 bits per heavy atom. The number of benzene rings is 1. The zero-order valence-corrected chi connectivity index (χ0v) is 12.5. The van der Waals surface area contributed by atoms with Crippen molar-refractivity contribution in [3.05, 3.63) is 47.7 Å². The van der Waals surface area contributed by atoms with Crippen LogP contribution in [0.25, 0.3) is 0 Å². The van der Waals surface area contributed by atoms with Crippen LogP contribution in [0.15, 0.2) is 36.4 Å². The van der Waals surface area contributed by atoms with E-state index in [0.717, 1.165) is 0 Å². The minimum Gasteiger partial charge on any atom is -0.383 e. The van der Waals surface area contributed by atoms with E-state index in [1.54, 1.807) is 38.4 Å². The van der Waals surface area contributed by atoms with E-state index in [9.17, 15) is 9.59 Å². The topological polar surface area (TPSA) is 85.3 Å². The van der Waals surface area contributed by atoms with Crippen LogP contribution in [0.2, 0.25) is 0 Å². The van der Waals surface area contributed by atoms with Gasteiger partial charge in [-0.3, -0.25) is 14.3 Å². The highest BCUT2D eigenvalue weighted by atomic mass is 16.5. The molecule has 2 N–H and O–H groups in total. The lowest BCUT2D eigenvalue weighted by molar-refractivity contribution is 0.0930. The first-order valence-electron chi connectivity index (χ1n) is 6.79. The summed E-state index contributed by atoms with van der Waals surface area (Å²) in [5, 5.41) is 9.48. The average molecular weight is 302 g/mol. The van der Waals surface area contributed by atoms with Crippen LogP contribution in [0.3, 0.4) is 0 Å².